The van der Waals surface area contributed by atoms with Crippen LogP contribution < -0.4 is 5.32 Å². The zero-order valence-corrected chi connectivity index (χ0v) is 14.7. The summed E-state index contributed by atoms with van der Waals surface area (Å²) in [6.45, 7) is 7.46. The standard InChI is InChI=1S/C17H24N2O3S/c1-17(2,3)23-14-6-4-13(5-7-14)18-16(22)19-10-8-12(9-11-19)15(20)21/h4-7,12H,8-11H2,1-3H3,(H,18,22)(H,20,21). The molecule has 1 fully saturated rings. The van der Waals surface area contributed by atoms with Crippen LogP contribution >= 0.6 is 11.8 Å². The lowest BCUT2D eigenvalue weighted by molar-refractivity contribution is -0.143. The molecule has 0 saturated carbocycles. The Bertz CT molecular complexity index is 558. The molecule has 1 aromatic rings. The number of likely N-dealkylation sites (tertiary alicyclic amines) is 1. The van der Waals surface area contributed by atoms with E-state index in [1.165, 1.54) is 0 Å². The number of rotatable bonds is 3. The molecule has 23 heavy (non-hydrogen) atoms. The summed E-state index contributed by atoms with van der Waals surface area (Å²) in [7, 11) is 0. The van der Waals surface area contributed by atoms with Gasteiger partial charge in [-0.2, -0.15) is 0 Å². The largest absolute Gasteiger partial charge is 0.481 e. The summed E-state index contributed by atoms with van der Waals surface area (Å²) < 4.78 is 0.152. The Kier molecular flexibility index (Phi) is 5.57. The minimum Gasteiger partial charge on any atom is -0.481 e. The second kappa shape index (κ2) is 7.25. The third kappa shape index (κ3) is 5.46. The van der Waals surface area contributed by atoms with Gasteiger partial charge in [-0.15, -0.1) is 11.8 Å². The van der Waals surface area contributed by atoms with Gasteiger partial charge in [0.25, 0.3) is 0 Å². The molecule has 0 bridgehead atoms. The normalized spacial score (nSPS) is 16.2. The number of carboxylic acids is 1. The van der Waals surface area contributed by atoms with Crippen LogP contribution in [0.2, 0.25) is 0 Å². The summed E-state index contributed by atoms with van der Waals surface area (Å²) in [5.41, 5.74) is 0.758. The second-order valence-electron chi connectivity index (χ2n) is 6.77. The third-order valence-electron chi connectivity index (χ3n) is 3.66. The van der Waals surface area contributed by atoms with Gasteiger partial charge in [0.05, 0.1) is 5.92 Å². The number of carbonyl (C=O) groups excluding carboxylic acids is 1. The number of carbonyl (C=O) groups is 2. The summed E-state index contributed by atoms with van der Waals surface area (Å²) in [4.78, 5) is 26.0. The van der Waals surface area contributed by atoms with E-state index in [1.54, 1.807) is 16.7 Å². The Balaban J connectivity index is 1.87. The number of anilines is 1. The van der Waals surface area contributed by atoms with E-state index in [0.29, 0.717) is 25.9 Å². The Hall–Kier alpha value is -1.69. The van der Waals surface area contributed by atoms with Crippen LogP contribution in [0.25, 0.3) is 0 Å². The average Bonchev–Trinajstić information content (AvgIpc) is 2.48. The maximum Gasteiger partial charge on any atom is 0.321 e. The lowest BCUT2D eigenvalue weighted by Gasteiger charge is -2.30. The van der Waals surface area contributed by atoms with Crippen molar-refractivity contribution >= 4 is 29.4 Å². The summed E-state index contributed by atoms with van der Waals surface area (Å²) in [6.07, 6.45) is 1.04. The van der Waals surface area contributed by atoms with Crippen LogP contribution in [-0.4, -0.2) is 39.8 Å². The topological polar surface area (TPSA) is 69.6 Å². The number of benzene rings is 1. The van der Waals surface area contributed by atoms with Crippen LogP contribution in [0, 0.1) is 5.92 Å². The Morgan fingerprint density at radius 1 is 1.17 bits per heavy atom. The van der Waals surface area contributed by atoms with Gasteiger partial charge in [0.1, 0.15) is 0 Å². The first kappa shape index (κ1) is 17.7. The fourth-order valence-electron chi connectivity index (χ4n) is 2.49. The van der Waals surface area contributed by atoms with Gasteiger partial charge in [0, 0.05) is 28.4 Å². The molecule has 0 radical (unpaired) electrons. The van der Waals surface area contributed by atoms with Crippen molar-refractivity contribution in [1.29, 1.82) is 0 Å². The molecule has 2 rings (SSSR count). The maximum atomic E-state index is 12.2. The van der Waals surface area contributed by atoms with Crippen LogP contribution in [0.15, 0.2) is 29.2 Å². The molecule has 1 saturated heterocycles. The highest BCUT2D eigenvalue weighted by Crippen LogP contribution is 2.32. The van der Waals surface area contributed by atoms with E-state index in [-0.39, 0.29) is 16.7 Å². The van der Waals surface area contributed by atoms with E-state index in [4.69, 9.17) is 5.11 Å². The molecule has 1 aliphatic heterocycles. The van der Waals surface area contributed by atoms with E-state index in [9.17, 15) is 9.59 Å². The van der Waals surface area contributed by atoms with Crippen molar-refractivity contribution in [3.63, 3.8) is 0 Å². The molecule has 126 valence electrons. The smallest absolute Gasteiger partial charge is 0.321 e. The van der Waals surface area contributed by atoms with Gasteiger partial charge in [-0.3, -0.25) is 4.79 Å². The van der Waals surface area contributed by atoms with Gasteiger partial charge in [-0.05, 0) is 37.1 Å². The predicted octanol–water partition coefficient (Wildman–Crippen LogP) is 3.91. The molecule has 0 unspecified atom stereocenters. The molecule has 1 aliphatic rings. The SMILES string of the molecule is CC(C)(C)Sc1ccc(NC(=O)N2CCC(C(=O)O)CC2)cc1. The first-order valence-corrected chi connectivity index (χ1v) is 8.64. The summed E-state index contributed by atoms with van der Waals surface area (Å²) in [5, 5.41) is 11.9. The summed E-state index contributed by atoms with van der Waals surface area (Å²) >= 11 is 1.78. The van der Waals surface area contributed by atoms with Crippen LogP contribution in [-0.2, 0) is 4.79 Å². The number of carboxylic acid groups (broad SMARTS) is 1. The first-order chi connectivity index (χ1) is 10.7. The number of nitrogens with zero attached hydrogens (tertiary/aromatic N) is 1. The van der Waals surface area contributed by atoms with Crippen molar-refractivity contribution in [2.45, 2.75) is 43.3 Å². The number of amides is 2. The number of piperidine rings is 1. The zero-order chi connectivity index (χ0) is 17.0. The third-order valence-corrected chi connectivity index (χ3v) is 4.78. The summed E-state index contributed by atoms with van der Waals surface area (Å²) in [5.74, 6) is -1.09. The molecule has 5 nitrogen and oxygen atoms in total. The Labute approximate surface area is 141 Å². The van der Waals surface area contributed by atoms with Crippen LogP contribution in [0.4, 0.5) is 10.5 Å². The molecule has 1 aromatic carbocycles. The molecule has 1 heterocycles. The van der Waals surface area contributed by atoms with Crippen LogP contribution in [0.5, 0.6) is 0 Å². The lowest BCUT2D eigenvalue weighted by Crippen LogP contribution is -2.42. The molecule has 0 aliphatic carbocycles. The van der Waals surface area contributed by atoms with E-state index in [2.05, 4.69) is 26.1 Å². The van der Waals surface area contributed by atoms with Crippen LogP contribution in [0.1, 0.15) is 33.6 Å². The van der Waals surface area contributed by atoms with Crippen molar-refractivity contribution in [1.82, 2.24) is 4.90 Å². The molecule has 2 amide bonds. The highest BCUT2D eigenvalue weighted by Gasteiger charge is 2.26. The van der Waals surface area contributed by atoms with Crippen molar-refractivity contribution in [2.75, 3.05) is 18.4 Å². The number of urea groups is 1. The molecule has 6 heteroatoms. The van der Waals surface area contributed by atoms with Gasteiger partial charge in [0.15, 0.2) is 0 Å². The van der Waals surface area contributed by atoms with Crippen molar-refractivity contribution < 1.29 is 14.7 Å². The van der Waals surface area contributed by atoms with E-state index >= 15 is 0 Å². The fourth-order valence-corrected chi connectivity index (χ4v) is 3.47. The van der Waals surface area contributed by atoms with Gasteiger partial charge < -0.3 is 15.3 Å². The molecular weight excluding hydrogens is 312 g/mol. The molecule has 0 atom stereocenters. The van der Waals surface area contributed by atoms with Gasteiger partial charge in [-0.25, -0.2) is 4.79 Å². The first-order valence-electron chi connectivity index (χ1n) is 7.82. The number of nitrogens with one attached hydrogen (secondary N) is 1. The highest BCUT2D eigenvalue weighted by molar-refractivity contribution is 8.00. The Morgan fingerprint density at radius 2 is 1.74 bits per heavy atom. The fraction of sp³-hybridized carbons (Fsp3) is 0.529. The molecule has 0 spiro atoms. The monoisotopic (exact) mass is 336 g/mol. The quantitative estimate of drug-likeness (QED) is 0.821. The van der Waals surface area contributed by atoms with E-state index in [1.807, 2.05) is 24.3 Å². The molecule has 2 N–H and O–H groups in total. The lowest BCUT2D eigenvalue weighted by atomic mass is 9.97. The van der Waals surface area contributed by atoms with Crippen LogP contribution in [0.3, 0.4) is 0 Å². The van der Waals surface area contributed by atoms with Gasteiger partial charge in [0.2, 0.25) is 0 Å². The van der Waals surface area contributed by atoms with Gasteiger partial charge in [-0.1, -0.05) is 20.8 Å². The van der Waals surface area contributed by atoms with Crippen molar-refractivity contribution in [2.24, 2.45) is 5.92 Å². The van der Waals surface area contributed by atoms with Gasteiger partial charge >= 0.3 is 12.0 Å². The second-order valence-corrected chi connectivity index (χ2v) is 8.67. The minimum atomic E-state index is -0.767. The maximum absolute atomic E-state index is 12.2. The number of hydrogen-bond donors (Lipinski definition) is 2. The number of thioether (sulfide) groups is 1. The molecular formula is C17H24N2O3S. The molecule has 0 aromatic heterocycles. The highest BCUT2D eigenvalue weighted by atomic mass is 32.2. The average molecular weight is 336 g/mol. The number of aliphatic carboxylic acids is 1. The minimum absolute atomic E-state index is 0.152. The van der Waals surface area contributed by atoms with E-state index in [0.717, 1.165) is 10.6 Å². The van der Waals surface area contributed by atoms with Crippen molar-refractivity contribution in [3.8, 4) is 0 Å². The van der Waals surface area contributed by atoms with E-state index < -0.39 is 5.97 Å². The predicted molar refractivity (Wildman–Crippen MR) is 93.0 cm³/mol. The van der Waals surface area contributed by atoms with Crippen molar-refractivity contribution in [3.05, 3.63) is 24.3 Å². The Morgan fingerprint density at radius 3 is 2.22 bits per heavy atom. The number of hydrogen-bond acceptors (Lipinski definition) is 3. The zero-order valence-electron chi connectivity index (χ0n) is 13.8. The summed E-state index contributed by atoms with van der Waals surface area (Å²) in [6, 6.07) is 7.64.